The number of amides is 1. The van der Waals surface area contributed by atoms with E-state index in [1.54, 1.807) is 31.2 Å². The van der Waals surface area contributed by atoms with Gasteiger partial charge in [-0.15, -0.1) is 0 Å². The first-order valence-electron chi connectivity index (χ1n) is 13.0. The molecule has 9 heteroatoms. The molecule has 1 saturated heterocycles. The molecule has 0 atom stereocenters. The smallest absolute Gasteiger partial charge is 0.309 e. The summed E-state index contributed by atoms with van der Waals surface area (Å²) in [6.45, 7) is 3.59. The Morgan fingerprint density at radius 3 is 2.38 bits per heavy atom. The Morgan fingerprint density at radius 1 is 1.00 bits per heavy atom. The number of nitrogens with one attached hydrogen (secondary N) is 1. The summed E-state index contributed by atoms with van der Waals surface area (Å²) >= 11 is 0. The second-order valence-electron chi connectivity index (χ2n) is 9.39. The van der Waals surface area contributed by atoms with E-state index in [0.29, 0.717) is 66.3 Å². The molecule has 0 saturated carbocycles. The van der Waals surface area contributed by atoms with E-state index in [1.807, 2.05) is 53.4 Å². The van der Waals surface area contributed by atoms with Crippen LogP contribution in [0.15, 0.2) is 83.9 Å². The molecule has 1 N–H and O–H groups in total. The summed E-state index contributed by atoms with van der Waals surface area (Å²) < 4.78 is 12.7. The molecule has 200 valence electrons. The first-order valence-corrected chi connectivity index (χ1v) is 13.0. The molecule has 39 heavy (non-hydrogen) atoms. The monoisotopic (exact) mass is 526 g/mol. The zero-order chi connectivity index (χ0) is 27.2. The maximum atomic E-state index is 13.4. The van der Waals surface area contributed by atoms with Crippen LogP contribution in [0.3, 0.4) is 0 Å². The van der Waals surface area contributed by atoms with Crippen molar-refractivity contribution in [1.82, 2.24) is 14.5 Å². The normalized spacial score (nSPS) is 14.2. The van der Waals surface area contributed by atoms with E-state index in [9.17, 15) is 14.4 Å². The molecule has 1 aliphatic heterocycles. The molecule has 5 rings (SSSR count). The highest BCUT2D eigenvalue weighted by Crippen LogP contribution is 2.33. The second-order valence-corrected chi connectivity index (χ2v) is 9.39. The number of carbonyl (C=O) groups is 2. The molecule has 0 spiro atoms. The van der Waals surface area contributed by atoms with E-state index in [-0.39, 0.29) is 29.9 Å². The van der Waals surface area contributed by atoms with Crippen LogP contribution in [0.1, 0.15) is 19.8 Å². The van der Waals surface area contributed by atoms with Crippen molar-refractivity contribution >= 4 is 28.5 Å². The van der Waals surface area contributed by atoms with Crippen LogP contribution >= 0.6 is 0 Å². The maximum Gasteiger partial charge on any atom is 0.309 e. The predicted octanol–water partition coefficient (Wildman–Crippen LogP) is 4.39. The van der Waals surface area contributed by atoms with Crippen molar-refractivity contribution in [3.05, 3.63) is 89.5 Å². The second kappa shape index (κ2) is 11.9. The molecule has 1 aromatic heterocycles. The predicted molar refractivity (Wildman–Crippen MR) is 148 cm³/mol. The van der Waals surface area contributed by atoms with Gasteiger partial charge in [0.25, 0.3) is 5.56 Å². The molecule has 0 bridgehead atoms. The van der Waals surface area contributed by atoms with Gasteiger partial charge in [-0.2, -0.15) is 0 Å². The number of hydrogen-bond donors (Lipinski definition) is 1. The minimum atomic E-state index is -0.244. The van der Waals surface area contributed by atoms with Crippen molar-refractivity contribution in [1.29, 1.82) is 0 Å². The lowest BCUT2D eigenvalue weighted by molar-refractivity contribution is -0.149. The Labute approximate surface area is 226 Å². The Bertz CT molecular complexity index is 1510. The van der Waals surface area contributed by atoms with Crippen molar-refractivity contribution in [2.24, 2.45) is 5.92 Å². The average molecular weight is 527 g/mol. The number of anilines is 1. The van der Waals surface area contributed by atoms with Crippen LogP contribution in [0, 0.1) is 5.92 Å². The van der Waals surface area contributed by atoms with Crippen molar-refractivity contribution in [2.45, 2.75) is 19.8 Å². The fourth-order valence-corrected chi connectivity index (χ4v) is 4.70. The maximum absolute atomic E-state index is 13.4. The lowest BCUT2D eigenvalue weighted by atomic mass is 9.97. The molecule has 0 unspecified atom stereocenters. The van der Waals surface area contributed by atoms with Gasteiger partial charge in [0.15, 0.2) is 5.75 Å². The third kappa shape index (κ3) is 6.15. The molecular weight excluding hydrogens is 496 g/mol. The molecular formula is C30H30N4O5. The topological polar surface area (TPSA) is 103 Å². The highest BCUT2D eigenvalue weighted by molar-refractivity contribution is 5.97. The van der Waals surface area contributed by atoms with Crippen molar-refractivity contribution < 1.29 is 19.1 Å². The molecule has 9 nitrogen and oxygen atoms in total. The first-order chi connectivity index (χ1) is 19.0. The number of nitrogens with zero attached hydrogens (tertiary/aromatic N) is 3. The zero-order valence-corrected chi connectivity index (χ0v) is 21.7. The molecule has 0 aliphatic carbocycles. The minimum Gasteiger partial charge on any atom is -0.466 e. The Hall–Kier alpha value is -4.50. The summed E-state index contributed by atoms with van der Waals surface area (Å²) in [7, 11) is 0. The number of hydrogen-bond acceptors (Lipinski definition) is 7. The van der Waals surface area contributed by atoms with Gasteiger partial charge in [0, 0.05) is 0 Å². The zero-order valence-electron chi connectivity index (χ0n) is 21.7. The van der Waals surface area contributed by atoms with E-state index in [2.05, 4.69) is 10.3 Å². The molecule has 3 aromatic carbocycles. The van der Waals surface area contributed by atoms with Crippen LogP contribution in [0.4, 0.5) is 5.69 Å². The number of esters is 1. The van der Waals surface area contributed by atoms with E-state index in [4.69, 9.17) is 9.47 Å². The standard InChI is InChI=1S/C30H30N4O5/c1-2-38-30(37)21-13-15-33(16-14-21)19-28(35)32-26-18-25-24(17-27(26)39-23-11-7-4-8-12-23)29(36)34(20-31-25)22-9-5-3-6-10-22/h3-12,17-18,20-21H,2,13-16,19H2,1H3,(H,32,35). The Kier molecular flexibility index (Phi) is 7.98. The summed E-state index contributed by atoms with van der Waals surface area (Å²) in [5, 5.41) is 3.31. The lowest BCUT2D eigenvalue weighted by Crippen LogP contribution is -2.41. The summed E-state index contributed by atoms with van der Waals surface area (Å²) in [6, 6.07) is 21.7. The molecule has 1 fully saturated rings. The number of ether oxygens (including phenoxy) is 2. The number of benzene rings is 3. The quantitative estimate of drug-likeness (QED) is 0.340. The van der Waals surface area contributed by atoms with Crippen LogP contribution in [0.5, 0.6) is 11.5 Å². The number of likely N-dealkylation sites (tertiary alicyclic amines) is 1. The van der Waals surface area contributed by atoms with Gasteiger partial charge in [-0.05, 0) is 69.3 Å². The van der Waals surface area contributed by atoms with Gasteiger partial charge in [-0.25, -0.2) is 4.98 Å². The number of para-hydroxylation sites is 2. The van der Waals surface area contributed by atoms with Gasteiger partial charge in [0.05, 0.1) is 41.3 Å². The number of carbonyl (C=O) groups excluding carboxylic acids is 2. The van der Waals surface area contributed by atoms with E-state index >= 15 is 0 Å². The number of rotatable bonds is 8. The van der Waals surface area contributed by atoms with Crippen LogP contribution in [-0.4, -0.2) is 52.6 Å². The number of aromatic nitrogens is 2. The SMILES string of the molecule is CCOC(=O)C1CCN(CC(=O)Nc2cc3ncn(-c4ccccc4)c(=O)c3cc2Oc2ccccc2)CC1. The molecule has 4 aromatic rings. The number of fused-ring (bicyclic) bond motifs is 1. The van der Waals surface area contributed by atoms with Gasteiger partial charge >= 0.3 is 5.97 Å². The van der Waals surface area contributed by atoms with E-state index in [0.717, 1.165) is 0 Å². The number of piperidine rings is 1. The first kappa shape index (κ1) is 26.1. The van der Waals surface area contributed by atoms with E-state index < -0.39 is 0 Å². The van der Waals surface area contributed by atoms with Crippen molar-refractivity contribution in [3.63, 3.8) is 0 Å². The van der Waals surface area contributed by atoms with Gasteiger partial charge < -0.3 is 14.8 Å². The molecule has 1 amide bonds. The fourth-order valence-electron chi connectivity index (χ4n) is 4.70. The Balaban J connectivity index is 1.39. The summed E-state index contributed by atoms with van der Waals surface area (Å²) in [6.07, 6.45) is 2.79. The highest BCUT2D eigenvalue weighted by Gasteiger charge is 2.27. The van der Waals surface area contributed by atoms with Crippen LogP contribution in [0.25, 0.3) is 16.6 Å². The lowest BCUT2D eigenvalue weighted by Gasteiger charge is -2.30. The minimum absolute atomic E-state index is 0.123. The van der Waals surface area contributed by atoms with E-state index in [1.165, 1.54) is 10.9 Å². The molecule has 0 radical (unpaired) electrons. The van der Waals surface area contributed by atoms with Gasteiger partial charge in [0.2, 0.25) is 5.91 Å². The fraction of sp³-hybridized carbons (Fsp3) is 0.267. The van der Waals surface area contributed by atoms with Crippen LogP contribution < -0.4 is 15.6 Å². The van der Waals surface area contributed by atoms with Crippen LogP contribution in [-0.2, 0) is 14.3 Å². The summed E-state index contributed by atoms with van der Waals surface area (Å²) in [5.74, 6) is 0.397. The van der Waals surface area contributed by atoms with Crippen molar-refractivity contribution in [3.8, 4) is 17.2 Å². The highest BCUT2D eigenvalue weighted by atomic mass is 16.5. The van der Waals surface area contributed by atoms with Gasteiger partial charge in [-0.1, -0.05) is 36.4 Å². The van der Waals surface area contributed by atoms with Gasteiger partial charge in [0.1, 0.15) is 12.1 Å². The summed E-state index contributed by atoms with van der Waals surface area (Å²) in [5.41, 5.74) is 1.32. The average Bonchev–Trinajstić information content (AvgIpc) is 2.95. The largest absolute Gasteiger partial charge is 0.466 e. The third-order valence-corrected chi connectivity index (χ3v) is 6.71. The van der Waals surface area contributed by atoms with Crippen molar-refractivity contribution in [2.75, 3.05) is 31.6 Å². The summed E-state index contributed by atoms with van der Waals surface area (Å²) in [4.78, 5) is 45.0. The molecule has 2 heterocycles. The van der Waals surface area contributed by atoms with Gasteiger partial charge in [-0.3, -0.25) is 23.9 Å². The van der Waals surface area contributed by atoms with Crippen LogP contribution in [0.2, 0.25) is 0 Å². The third-order valence-electron chi connectivity index (χ3n) is 6.71. The molecule has 1 aliphatic rings. The Morgan fingerprint density at radius 2 is 1.69 bits per heavy atom.